The maximum Gasteiger partial charge on any atom is 0.195 e. The van der Waals surface area contributed by atoms with Gasteiger partial charge in [-0.1, -0.05) is 0 Å². The number of carbonyl (C=O) groups is 1. The Balaban J connectivity index is 2.31. The van der Waals surface area contributed by atoms with Gasteiger partial charge in [-0.2, -0.15) is 0 Å². The lowest BCUT2D eigenvalue weighted by Crippen LogP contribution is -2.11. The van der Waals surface area contributed by atoms with E-state index in [2.05, 4.69) is 0 Å². The first-order valence-electron chi connectivity index (χ1n) is 6.79. The SMILES string of the molecule is CN(C)c1ccc(C(=O)c2ccc(N(C)C)cc2N)cc1. The Labute approximate surface area is 125 Å². The molecule has 0 amide bonds. The van der Waals surface area contributed by atoms with Crippen molar-refractivity contribution in [1.29, 1.82) is 0 Å². The van der Waals surface area contributed by atoms with Crippen molar-refractivity contribution in [3.8, 4) is 0 Å². The monoisotopic (exact) mass is 283 g/mol. The van der Waals surface area contributed by atoms with Gasteiger partial charge in [0, 0.05) is 56.4 Å². The average Bonchev–Trinajstić information content (AvgIpc) is 2.46. The van der Waals surface area contributed by atoms with E-state index in [4.69, 9.17) is 5.73 Å². The molecule has 2 aromatic rings. The lowest BCUT2D eigenvalue weighted by Gasteiger charge is -2.15. The van der Waals surface area contributed by atoms with Gasteiger partial charge in [-0.05, 0) is 42.5 Å². The number of nitrogens with zero attached hydrogens (tertiary/aromatic N) is 2. The van der Waals surface area contributed by atoms with Crippen LogP contribution in [0.3, 0.4) is 0 Å². The highest BCUT2D eigenvalue weighted by atomic mass is 16.1. The van der Waals surface area contributed by atoms with Crippen LogP contribution in [0, 0.1) is 0 Å². The summed E-state index contributed by atoms with van der Waals surface area (Å²) in [5.41, 5.74) is 9.74. The molecular formula is C17H21N3O. The highest BCUT2D eigenvalue weighted by molar-refractivity contribution is 6.12. The molecule has 4 nitrogen and oxygen atoms in total. The van der Waals surface area contributed by atoms with Crippen LogP contribution in [-0.2, 0) is 0 Å². The Morgan fingerprint density at radius 1 is 0.857 bits per heavy atom. The quantitative estimate of drug-likeness (QED) is 0.692. The molecule has 0 spiro atoms. The van der Waals surface area contributed by atoms with Crippen molar-refractivity contribution in [2.24, 2.45) is 0 Å². The Hall–Kier alpha value is -2.49. The number of anilines is 3. The van der Waals surface area contributed by atoms with Crippen molar-refractivity contribution in [3.63, 3.8) is 0 Å². The van der Waals surface area contributed by atoms with Gasteiger partial charge in [-0.15, -0.1) is 0 Å². The highest BCUT2D eigenvalue weighted by Gasteiger charge is 2.13. The first kappa shape index (κ1) is 14.9. The van der Waals surface area contributed by atoms with E-state index in [-0.39, 0.29) is 5.78 Å². The topological polar surface area (TPSA) is 49.6 Å². The molecular weight excluding hydrogens is 262 g/mol. The lowest BCUT2D eigenvalue weighted by molar-refractivity contribution is 0.103. The van der Waals surface area contributed by atoms with Crippen LogP contribution in [0.4, 0.5) is 17.1 Å². The summed E-state index contributed by atoms with van der Waals surface area (Å²) in [6.07, 6.45) is 0. The smallest absolute Gasteiger partial charge is 0.195 e. The van der Waals surface area contributed by atoms with Crippen LogP contribution >= 0.6 is 0 Å². The van der Waals surface area contributed by atoms with Gasteiger partial charge in [0.05, 0.1) is 0 Å². The summed E-state index contributed by atoms with van der Waals surface area (Å²) in [5.74, 6) is -0.0527. The van der Waals surface area contributed by atoms with Crippen molar-refractivity contribution >= 4 is 22.8 Å². The molecule has 0 aliphatic heterocycles. The van der Waals surface area contributed by atoms with Crippen molar-refractivity contribution < 1.29 is 4.79 Å². The minimum Gasteiger partial charge on any atom is -0.398 e. The molecule has 0 radical (unpaired) electrons. The fourth-order valence-electron chi connectivity index (χ4n) is 2.10. The predicted octanol–water partition coefficient (Wildman–Crippen LogP) is 2.63. The summed E-state index contributed by atoms with van der Waals surface area (Å²) in [6, 6.07) is 13.0. The van der Waals surface area contributed by atoms with Crippen LogP contribution in [0.5, 0.6) is 0 Å². The molecule has 0 saturated carbocycles. The minimum absolute atomic E-state index is 0.0527. The van der Waals surface area contributed by atoms with Gasteiger partial charge >= 0.3 is 0 Å². The van der Waals surface area contributed by atoms with Gasteiger partial charge in [0.25, 0.3) is 0 Å². The molecule has 0 atom stereocenters. The molecule has 0 aromatic heterocycles. The van der Waals surface area contributed by atoms with Gasteiger partial charge in [-0.25, -0.2) is 0 Å². The summed E-state index contributed by atoms with van der Waals surface area (Å²) in [5, 5.41) is 0. The Morgan fingerprint density at radius 2 is 1.38 bits per heavy atom. The zero-order valence-corrected chi connectivity index (χ0v) is 12.9. The molecule has 0 saturated heterocycles. The Kier molecular flexibility index (Phi) is 4.17. The molecule has 0 aliphatic carbocycles. The largest absolute Gasteiger partial charge is 0.398 e. The Morgan fingerprint density at radius 3 is 1.86 bits per heavy atom. The average molecular weight is 283 g/mol. The number of rotatable bonds is 4. The summed E-state index contributed by atoms with van der Waals surface area (Å²) in [4.78, 5) is 16.5. The number of nitrogens with two attached hydrogens (primary N) is 1. The van der Waals surface area contributed by atoms with Gasteiger partial charge in [0.15, 0.2) is 5.78 Å². The van der Waals surface area contributed by atoms with Gasteiger partial charge < -0.3 is 15.5 Å². The van der Waals surface area contributed by atoms with Gasteiger partial charge in [0.2, 0.25) is 0 Å². The highest BCUT2D eigenvalue weighted by Crippen LogP contribution is 2.23. The van der Waals surface area contributed by atoms with E-state index in [1.165, 1.54) is 0 Å². The number of hydrogen-bond donors (Lipinski definition) is 1. The summed E-state index contributed by atoms with van der Waals surface area (Å²) < 4.78 is 0. The van der Waals surface area contributed by atoms with Crippen molar-refractivity contribution in [1.82, 2.24) is 0 Å². The van der Waals surface area contributed by atoms with E-state index in [1.54, 1.807) is 6.07 Å². The summed E-state index contributed by atoms with van der Waals surface area (Å²) >= 11 is 0. The molecule has 0 fully saturated rings. The second-order valence-corrected chi connectivity index (χ2v) is 5.44. The molecule has 2 N–H and O–H groups in total. The number of benzene rings is 2. The van der Waals surface area contributed by atoms with Crippen molar-refractivity contribution in [2.45, 2.75) is 0 Å². The van der Waals surface area contributed by atoms with Crippen LogP contribution in [0.25, 0.3) is 0 Å². The maximum atomic E-state index is 12.5. The fourth-order valence-corrected chi connectivity index (χ4v) is 2.10. The molecule has 2 aromatic carbocycles. The molecule has 4 heteroatoms. The third-order valence-corrected chi connectivity index (χ3v) is 3.44. The molecule has 2 rings (SSSR count). The Bertz CT molecular complexity index is 646. The van der Waals surface area contributed by atoms with Crippen molar-refractivity contribution in [2.75, 3.05) is 43.7 Å². The van der Waals surface area contributed by atoms with Crippen LogP contribution in [0.2, 0.25) is 0 Å². The van der Waals surface area contributed by atoms with E-state index < -0.39 is 0 Å². The summed E-state index contributed by atoms with van der Waals surface area (Å²) in [6.45, 7) is 0. The van der Waals surface area contributed by atoms with E-state index in [0.717, 1.165) is 11.4 Å². The first-order chi connectivity index (χ1) is 9.90. The molecule has 0 aliphatic rings. The van der Waals surface area contributed by atoms with Crippen LogP contribution < -0.4 is 15.5 Å². The molecule has 0 heterocycles. The third-order valence-electron chi connectivity index (χ3n) is 3.44. The van der Waals surface area contributed by atoms with Crippen molar-refractivity contribution in [3.05, 3.63) is 53.6 Å². The van der Waals surface area contributed by atoms with E-state index >= 15 is 0 Å². The maximum absolute atomic E-state index is 12.5. The second kappa shape index (κ2) is 5.87. The van der Waals surface area contributed by atoms with E-state index in [0.29, 0.717) is 16.8 Å². The van der Waals surface area contributed by atoms with Gasteiger partial charge in [-0.3, -0.25) is 4.79 Å². The first-order valence-corrected chi connectivity index (χ1v) is 6.79. The molecule has 110 valence electrons. The van der Waals surface area contributed by atoms with E-state index in [9.17, 15) is 4.79 Å². The number of carbonyl (C=O) groups excluding carboxylic acids is 1. The number of nitrogen functional groups attached to an aromatic ring is 1. The fraction of sp³-hybridized carbons (Fsp3) is 0.235. The lowest BCUT2D eigenvalue weighted by atomic mass is 10.0. The molecule has 21 heavy (non-hydrogen) atoms. The zero-order valence-electron chi connectivity index (χ0n) is 12.9. The zero-order chi connectivity index (χ0) is 15.6. The second-order valence-electron chi connectivity index (χ2n) is 5.44. The predicted molar refractivity (Wildman–Crippen MR) is 89.4 cm³/mol. The van der Waals surface area contributed by atoms with Crippen LogP contribution in [-0.4, -0.2) is 34.0 Å². The van der Waals surface area contributed by atoms with Crippen LogP contribution in [0.15, 0.2) is 42.5 Å². The normalized spacial score (nSPS) is 10.3. The standard InChI is InChI=1S/C17H21N3O/c1-19(2)13-7-5-12(6-8-13)17(21)15-10-9-14(20(3)4)11-16(15)18/h5-11H,18H2,1-4H3. The number of ketones is 1. The number of hydrogen-bond acceptors (Lipinski definition) is 4. The van der Waals surface area contributed by atoms with Crippen LogP contribution in [0.1, 0.15) is 15.9 Å². The van der Waals surface area contributed by atoms with E-state index in [1.807, 2.05) is 74.4 Å². The third kappa shape index (κ3) is 3.16. The summed E-state index contributed by atoms with van der Waals surface area (Å²) in [7, 11) is 7.82. The van der Waals surface area contributed by atoms with Gasteiger partial charge in [0.1, 0.15) is 0 Å². The molecule has 0 bridgehead atoms. The minimum atomic E-state index is -0.0527. The molecule has 0 unspecified atom stereocenters.